The third-order valence-electron chi connectivity index (χ3n) is 4.08. The largest absolute Gasteiger partial charge is 0.481 e. The molecule has 0 unspecified atom stereocenters. The minimum Gasteiger partial charge on any atom is -0.481 e. The molecule has 4 nitrogen and oxygen atoms in total. The van der Waals surface area contributed by atoms with E-state index in [2.05, 4.69) is 21.2 Å². The second kappa shape index (κ2) is 4.88. The molecule has 0 saturated heterocycles. The summed E-state index contributed by atoms with van der Waals surface area (Å²) in [6.07, 6.45) is 0. The summed E-state index contributed by atoms with van der Waals surface area (Å²) in [6, 6.07) is 3.75. The number of rotatable bonds is 3. The van der Waals surface area contributed by atoms with Crippen LogP contribution in [-0.2, 0) is 9.59 Å². The van der Waals surface area contributed by atoms with Gasteiger partial charge in [0.25, 0.3) is 0 Å². The maximum atomic E-state index is 12.2. The number of halogens is 1. The number of nitrogens with one attached hydrogen (secondary N) is 1. The molecule has 0 heterocycles. The van der Waals surface area contributed by atoms with Crippen molar-refractivity contribution in [2.75, 3.05) is 5.32 Å². The molecule has 0 spiro atoms. The first-order valence-corrected chi connectivity index (χ1v) is 7.26. The number of hydrogen-bond acceptors (Lipinski definition) is 2. The average molecular weight is 340 g/mol. The van der Waals surface area contributed by atoms with Crippen molar-refractivity contribution in [1.29, 1.82) is 0 Å². The molecule has 0 aromatic heterocycles. The van der Waals surface area contributed by atoms with E-state index in [9.17, 15) is 9.59 Å². The van der Waals surface area contributed by atoms with Gasteiger partial charge in [0.2, 0.25) is 5.91 Å². The number of carbonyl (C=O) groups is 2. The average Bonchev–Trinajstić information content (AvgIpc) is 2.89. The number of carboxylic acids is 1. The highest BCUT2D eigenvalue weighted by molar-refractivity contribution is 9.10. The Balaban J connectivity index is 2.16. The molecule has 1 aromatic rings. The maximum Gasteiger partial charge on any atom is 0.307 e. The lowest BCUT2D eigenvalue weighted by molar-refractivity contribution is -0.140. The van der Waals surface area contributed by atoms with Crippen LogP contribution < -0.4 is 5.32 Å². The first-order chi connectivity index (χ1) is 9.16. The van der Waals surface area contributed by atoms with E-state index in [1.807, 2.05) is 39.8 Å². The first-order valence-electron chi connectivity index (χ1n) is 6.46. The van der Waals surface area contributed by atoms with Crippen LogP contribution in [0.3, 0.4) is 0 Å². The molecule has 1 fully saturated rings. The van der Waals surface area contributed by atoms with Gasteiger partial charge in [0.1, 0.15) is 0 Å². The number of carbonyl (C=O) groups excluding carboxylic acids is 1. The summed E-state index contributed by atoms with van der Waals surface area (Å²) in [7, 11) is 0. The zero-order valence-corrected chi connectivity index (χ0v) is 13.5. The van der Waals surface area contributed by atoms with Crippen LogP contribution >= 0.6 is 15.9 Å². The number of anilines is 1. The van der Waals surface area contributed by atoms with Crippen molar-refractivity contribution in [2.45, 2.75) is 27.7 Å². The Morgan fingerprint density at radius 3 is 2.10 bits per heavy atom. The highest BCUT2D eigenvalue weighted by atomic mass is 79.9. The van der Waals surface area contributed by atoms with Crippen molar-refractivity contribution in [3.05, 3.63) is 27.7 Å². The topological polar surface area (TPSA) is 66.4 Å². The molecule has 2 N–H and O–H groups in total. The Morgan fingerprint density at radius 1 is 1.20 bits per heavy atom. The molecule has 20 heavy (non-hydrogen) atoms. The number of aliphatic carboxylic acids is 1. The summed E-state index contributed by atoms with van der Waals surface area (Å²) in [5.41, 5.74) is 2.30. The first kappa shape index (κ1) is 15.0. The van der Waals surface area contributed by atoms with E-state index in [-0.39, 0.29) is 5.91 Å². The highest BCUT2D eigenvalue weighted by Gasteiger charge is 2.65. The zero-order valence-electron chi connectivity index (χ0n) is 12.0. The molecular formula is C15H18BrNO3. The third kappa shape index (κ3) is 2.46. The highest BCUT2D eigenvalue weighted by Crippen LogP contribution is 2.58. The van der Waals surface area contributed by atoms with E-state index in [1.54, 1.807) is 0 Å². The van der Waals surface area contributed by atoms with E-state index in [4.69, 9.17) is 5.11 Å². The van der Waals surface area contributed by atoms with Crippen LogP contribution in [0.5, 0.6) is 0 Å². The molecule has 1 saturated carbocycles. The van der Waals surface area contributed by atoms with Crippen molar-refractivity contribution in [3.63, 3.8) is 0 Å². The Bertz CT molecular complexity index is 572. The molecule has 0 radical (unpaired) electrons. The van der Waals surface area contributed by atoms with Crippen molar-refractivity contribution in [1.82, 2.24) is 0 Å². The van der Waals surface area contributed by atoms with Gasteiger partial charge in [-0.15, -0.1) is 0 Å². The van der Waals surface area contributed by atoms with Gasteiger partial charge < -0.3 is 10.4 Å². The van der Waals surface area contributed by atoms with Gasteiger partial charge in [0, 0.05) is 10.2 Å². The predicted molar refractivity (Wildman–Crippen MR) is 80.6 cm³/mol. The van der Waals surface area contributed by atoms with E-state index < -0.39 is 23.2 Å². The summed E-state index contributed by atoms with van der Waals surface area (Å²) in [6.45, 7) is 7.53. The molecule has 2 atom stereocenters. The number of hydrogen-bond donors (Lipinski definition) is 2. The van der Waals surface area contributed by atoms with Gasteiger partial charge in [-0.05, 0) is 42.5 Å². The van der Waals surface area contributed by atoms with Gasteiger partial charge >= 0.3 is 5.97 Å². The maximum absolute atomic E-state index is 12.2. The normalized spacial score (nSPS) is 23.2. The quantitative estimate of drug-likeness (QED) is 0.887. The van der Waals surface area contributed by atoms with Gasteiger partial charge in [0.15, 0.2) is 0 Å². The fraction of sp³-hybridized carbons (Fsp3) is 0.467. The van der Waals surface area contributed by atoms with Crippen molar-refractivity contribution in [3.8, 4) is 0 Å². The standard InChI is InChI=1S/C15H18BrNO3/c1-7-5-9(6-8(2)12(7)16)17-13(18)10-11(14(19)20)15(10,3)4/h5-6,10-11H,1-4H3,(H,17,18)(H,19,20)/t10-,11+/m1/s1. The lowest BCUT2D eigenvalue weighted by atomic mass is 10.1. The Labute approximate surface area is 126 Å². The zero-order chi connectivity index (χ0) is 15.2. The summed E-state index contributed by atoms with van der Waals surface area (Å²) in [5, 5.41) is 11.9. The lowest BCUT2D eigenvalue weighted by Gasteiger charge is -2.10. The fourth-order valence-corrected chi connectivity index (χ4v) is 3.05. The number of aryl methyl sites for hydroxylation is 2. The molecule has 1 aromatic carbocycles. The van der Waals surface area contributed by atoms with Crippen molar-refractivity contribution < 1.29 is 14.7 Å². The third-order valence-corrected chi connectivity index (χ3v) is 5.33. The Hall–Kier alpha value is -1.36. The molecular weight excluding hydrogens is 322 g/mol. The monoisotopic (exact) mass is 339 g/mol. The van der Waals surface area contributed by atoms with Crippen molar-refractivity contribution in [2.24, 2.45) is 17.3 Å². The van der Waals surface area contributed by atoms with Crippen molar-refractivity contribution >= 4 is 33.5 Å². The van der Waals surface area contributed by atoms with Crippen LogP contribution in [0.25, 0.3) is 0 Å². The number of benzene rings is 1. The van der Waals surface area contributed by atoms with Gasteiger partial charge in [-0.25, -0.2) is 0 Å². The minimum atomic E-state index is -0.904. The SMILES string of the molecule is Cc1cc(NC(=O)[C@H]2[C@@H](C(=O)O)C2(C)C)cc(C)c1Br. The second-order valence-electron chi connectivity index (χ2n) is 6.03. The molecule has 0 aliphatic heterocycles. The molecule has 108 valence electrons. The van der Waals surface area contributed by atoms with Gasteiger partial charge in [0.05, 0.1) is 11.8 Å². The van der Waals surface area contributed by atoms with E-state index >= 15 is 0 Å². The van der Waals surface area contributed by atoms with Crippen LogP contribution in [0.15, 0.2) is 16.6 Å². The fourth-order valence-electron chi connectivity index (χ4n) is 2.83. The molecule has 0 bridgehead atoms. The predicted octanol–water partition coefficient (Wildman–Crippen LogP) is 3.36. The lowest BCUT2D eigenvalue weighted by Crippen LogP contribution is -2.18. The van der Waals surface area contributed by atoms with Crippen LogP contribution in [0.4, 0.5) is 5.69 Å². The molecule has 2 rings (SSSR count). The Morgan fingerprint density at radius 2 is 1.70 bits per heavy atom. The molecule has 1 aliphatic carbocycles. The van der Waals surface area contributed by atoms with Crippen LogP contribution in [-0.4, -0.2) is 17.0 Å². The minimum absolute atomic E-state index is 0.219. The number of amides is 1. The van der Waals surface area contributed by atoms with E-state index in [0.29, 0.717) is 5.69 Å². The van der Waals surface area contributed by atoms with Gasteiger partial charge in [-0.2, -0.15) is 0 Å². The summed E-state index contributed by atoms with van der Waals surface area (Å²) >= 11 is 3.48. The van der Waals surface area contributed by atoms with Crippen LogP contribution in [0.2, 0.25) is 0 Å². The van der Waals surface area contributed by atoms with Crippen LogP contribution in [0.1, 0.15) is 25.0 Å². The molecule has 1 aliphatic rings. The van der Waals surface area contributed by atoms with Gasteiger partial charge in [-0.1, -0.05) is 29.8 Å². The molecule has 5 heteroatoms. The Kier molecular flexibility index (Phi) is 3.67. The number of carboxylic acid groups (broad SMARTS) is 1. The molecule has 1 amide bonds. The summed E-state index contributed by atoms with van der Waals surface area (Å²) < 4.78 is 1.02. The summed E-state index contributed by atoms with van der Waals surface area (Å²) in [5.74, 6) is -2.19. The smallest absolute Gasteiger partial charge is 0.307 e. The van der Waals surface area contributed by atoms with Gasteiger partial charge in [-0.3, -0.25) is 9.59 Å². The van der Waals surface area contributed by atoms with E-state index in [1.165, 1.54) is 0 Å². The second-order valence-corrected chi connectivity index (χ2v) is 6.82. The van der Waals surface area contributed by atoms with E-state index in [0.717, 1.165) is 15.6 Å². The van der Waals surface area contributed by atoms with Crippen LogP contribution in [0, 0.1) is 31.1 Å². The summed E-state index contributed by atoms with van der Waals surface area (Å²) in [4.78, 5) is 23.3.